The van der Waals surface area contributed by atoms with Gasteiger partial charge in [0.1, 0.15) is 5.75 Å². The second-order valence-corrected chi connectivity index (χ2v) is 11.0. The number of hydrogen-bond acceptors (Lipinski definition) is 5. The summed E-state index contributed by atoms with van der Waals surface area (Å²) in [4.78, 5) is 0.00757. The van der Waals surface area contributed by atoms with Gasteiger partial charge in [-0.1, -0.05) is 24.6 Å². The predicted molar refractivity (Wildman–Crippen MR) is 113 cm³/mol. The Kier molecular flexibility index (Phi) is 6.42. The minimum atomic E-state index is -3.86. The van der Waals surface area contributed by atoms with Gasteiger partial charge in [0.25, 0.3) is 10.0 Å². The molecule has 0 aromatic heterocycles. The Bertz CT molecular complexity index is 1120. The van der Waals surface area contributed by atoms with E-state index in [1.807, 2.05) is 13.0 Å². The van der Waals surface area contributed by atoms with Crippen LogP contribution < -0.4 is 9.46 Å². The molecule has 2 aromatic rings. The molecule has 2 aromatic carbocycles. The summed E-state index contributed by atoms with van der Waals surface area (Å²) in [5, 5.41) is 0.192. The van der Waals surface area contributed by atoms with Gasteiger partial charge in [-0.2, -0.15) is 4.31 Å². The standard InChI is InChI=1S/C19H23ClN2O5S2/c1-3-10-28(23,24)22-9-8-14-4-5-16(11-15(14)13-22)21-29(25,26)17-6-7-19(27-2)18(20)12-17/h4-7,11-12,21H,3,8-10,13H2,1-2H3. The number of nitrogens with zero attached hydrogens (tertiary/aromatic N) is 1. The first-order valence-electron chi connectivity index (χ1n) is 9.12. The average Bonchev–Trinajstić information content (AvgIpc) is 2.67. The van der Waals surface area contributed by atoms with Gasteiger partial charge in [-0.3, -0.25) is 4.72 Å². The lowest BCUT2D eigenvalue weighted by Gasteiger charge is -2.28. The summed E-state index contributed by atoms with van der Waals surface area (Å²) in [5.74, 6) is 0.486. The molecule has 7 nitrogen and oxygen atoms in total. The van der Waals surface area contributed by atoms with Gasteiger partial charge in [0.15, 0.2) is 0 Å². The summed E-state index contributed by atoms with van der Waals surface area (Å²) in [6.07, 6.45) is 1.15. The van der Waals surface area contributed by atoms with Gasteiger partial charge < -0.3 is 4.74 Å². The summed E-state index contributed by atoms with van der Waals surface area (Å²) in [5.41, 5.74) is 2.18. The third kappa shape index (κ3) is 4.85. The van der Waals surface area contributed by atoms with E-state index < -0.39 is 20.0 Å². The van der Waals surface area contributed by atoms with E-state index in [1.165, 1.54) is 29.6 Å². The minimum absolute atomic E-state index is 0.00757. The van der Waals surface area contributed by atoms with Gasteiger partial charge in [0.05, 0.1) is 22.8 Å². The molecular formula is C19H23ClN2O5S2. The zero-order valence-corrected chi connectivity index (χ0v) is 18.6. The van der Waals surface area contributed by atoms with Crippen LogP contribution >= 0.6 is 11.6 Å². The number of benzene rings is 2. The van der Waals surface area contributed by atoms with Gasteiger partial charge >= 0.3 is 0 Å². The van der Waals surface area contributed by atoms with Gasteiger partial charge in [-0.25, -0.2) is 16.8 Å². The van der Waals surface area contributed by atoms with Crippen molar-refractivity contribution < 1.29 is 21.6 Å². The zero-order chi connectivity index (χ0) is 21.2. The smallest absolute Gasteiger partial charge is 0.261 e. The Labute approximate surface area is 176 Å². The molecule has 0 aliphatic carbocycles. The molecule has 1 N–H and O–H groups in total. The van der Waals surface area contributed by atoms with Crippen molar-refractivity contribution in [3.05, 3.63) is 52.5 Å². The summed E-state index contributed by atoms with van der Waals surface area (Å²) in [7, 11) is -5.72. The Morgan fingerprint density at radius 2 is 1.86 bits per heavy atom. The molecule has 0 saturated carbocycles. The van der Waals surface area contributed by atoms with Crippen LogP contribution in [0.1, 0.15) is 24.5 Å². The van der Waals surface area contributed by atoms with Crippen LogP contribution in [0.15, 0.2) is 41.3 Å². The van der Waals surface area contributed by atoms with E-state index >= 15 is 0 Å². The molecule has 10 heteroatoms. The van der Waals surface area contributed by atoms with Crippen molar-refractivity contribution in [3.63, 3.8) is 0 Å². The van der Waals surface area contributed by atoms with Crippen LogP contribution in [-0.2, 0) is 33.0 Å². The molecule has 0 fully saturated rings. The van der Waals surface area contributed by atoms with Gasteiger partial charge in [0, 0.05) is 18.8 Å². The largest absolute Gasteiger partial charge is 0.495 e. The van der Waals surface area contributed by atoms with Crippen LogP contribution in [0.5, 0.6) is 5.75 Å². The lowest BCUT2D eigenvalue weighted by Crippen LogP contribution is -2.37. The lowest BCUT2D eigenvalue weighted by molar-refractivity contribution is 0.391. The number of rotatable bonds is 7. The van der Waals surface area contributed by atoms with E-state index in [1.54, 1.807) is 12.1 Å². The number of ether oxygens (including phenoxy) is 1. The molecule has 0 spiro atoms. The summed E-state index contributed by atoms with van der Waals surface area (Å²) in [6.45, 7) is 2.50. The van der Waals surface area contributed by atoms with E-state index in [0.717, 1.165) is 11.1 Å². The number of anilines is 1. The molecule has 0 atom stereocenters. The zero-order valence-electron chi connectivity index (χ0n) is 16.2. The Balaban J connectivity index is 1.84. The van der Waals surface area contributed by atoms with Gasteiger partial charge in [-0.05, 0) is 54.3 Å². The maximum atomic E-state index is 12.7. The predicted octanol–water partition coefficient (Wildman–Crippen LogP) is 3.25. The van der Waals surface area contributed by atoms with Crippen LogP contribution in [0.3, 0.4) is 0 Å². The van der Waals surface area contributed by atoms with Crippen LogP contribution in [0.2, 0.25) is 5.02 Å². The van der Waals surface area contributed by atoms with Crippen molar-refractivity contribution in [1.29, 1.82) is 0 Å². The number of nitrogens with one attached hydrogen (secondary N) is 1. The fourth-order valence-corrected chi connectivity index (χ4v) is 6.12. The lowest BCUT2D eigenvalue weighted by atomic mass is 10.0. The summed E-state index contributed by atoms with van der Waals surface area (Å²) < 4.78 is 59.2. The molecule has 3 rings (SSSR count). The monoisotopic (exact) mass is 458 g/mol. The topological polar surface area (TPSA) is 92.8 Å². The maximum Gasteiger partial charge on any atom is 0.261 e. The van der Waals surface area contributed by atoms with Crippen LogP contribution in [0.25, 0.3) is 0 Å². The Morgan fingerprint density at radius 3 is 2.52 bits per heavy atom. The minimum Gasteiger partial charge on any atom is -0.495 e. The van der Waals surface area contributed by atoms with Crippen molar-refractivity contribution in [2.24, 2.45) is 0 Å². The van der Waals surface area contributed by atoms with E-state index in [2.05, 4.69) is 4.72 Å². The number of halogens is 1. The molecule has 0 saturated heterocycles. The first-order chi connectivity index (χ1) is 13.7. The average molecular weight is 459 g/mol. The van der Waals surface area contributed by atoms with Crippen molar-refractivity contribution >= 4 is 37.3 Å². The summed E-state index contributed by atoms with van der Waals surface area (Å²) in [6, 6.07) is 9.41. The molecule has 1 aliphatic heterocycles. The highest BCUT2D eigenvalue weighted by molar-refractivity contribution is 7.92. The molecule has 0 amide bonds. The SMILES string of the molecule is CCCS(=O)(=O)N1CCc2ccc(NS(=O)(=O)c3ccc(OC)c(Cl)c3)cc2C1. The molecule has 158 valence electrons. The van der Waals surface area contributed by atoms with Crippen LogP contribution in [0.4, 0.5) is 5.69 Å². The highest BCUT2D eigenvalue weighted by atomic mass is 35.5. The van der Waals surface area contributed by atoms with Crippen molar-refractivity contribution in [3.8, 4) is 5.75 Å². The first-order valence-corrected chi connectivity index (χ1v) is 12.6. The van der Waals surface area contributed by atoms with Crippen molar-refractivity contribution in [1.82, 2.24) is 4.31 Å². The number of sulfonamides is 2. The normalized spacial score (nSPS) is 15.0. The van der Waals surface area contributed by atoms with Gasteiger partial charge in [-0.15, -0.1) is 0 Å². The maximum absolute atomic E-state index is 12.7. The van der Waals surface area contributed by atoms with Crippen LogP contribution in [-0.4, -0.2) is 40.5 Å². The Hall–Kier alpha value is -1.81. The highest BCUT2D eigenvalue weighted by Crippen LogP contribution is 2.29. The second kappa shape index (κ2) is 8.51. The second-order valence-electron chi connectivity index (χ2n) is 6.78. The fourth-order valence-electron chi connectivity index (χ4n) is 3.25. The van der Waals surface area contributed by atoms with Gasteiger partial charge in [0.2, 0.25) is 10.0 Å². The van der Waals surface area contributed by atoms with Crippen molar-refractivity contribution in [2.45, 2.75) is 31.2 Å². The molecule has 29 heavy (non-hydrogen) atoms. The third-order valence-electron chi connectivity index (χ3n) is 4.72. The molecular weight excluding hydrogens is 436 g/mol. The highest BCUT2D eigenvalue weighted by Gasteiger charge is 2.26. The van der Waals surface area contributed by atoms with Crippen molar-refractivity contribution in [2.75, 3.05) is 24.1 Å². The molecule has 0 bridgehead atoms. The molecule has 1 aliphatic rings. The molecule has 0 radical (unpaired) electrons. The first kappa shape index (κ1) is 21.9. The number of hydrogen-bond donors (Lipinski definition) is 1. The third-order valence-corrected chi connectivity index (χ3v) is 8.42. The number of fused-ring (bicyclic) bond motifs is 1. The van der Waals surface area contributed by atoms with Crippen LogP contribution in [0, 0.1) is 0 Å². The quantitative estimate of drug-likeness (QED) is 0.687. The summed E-state index contributed by atoms with van der Waals surface area (Å²) >= 11 is 6.04. The van der Waals surface area contributed by atoms with E-state index in [0.29, 0.717) is 30.8 Å². The fraction of sp³-hybridized carbons (Fsp3) is 0.368. The van der Waals surface area contributed by atoms with E-state index in [4.69, 9.17) is 16.3 Å². The van der Waals surface area contributed by atoms with E-state index in [-0.39, 0.29) is 22.2 Å². The Morgan fingerprint density at radius 1 is 1.10 bits per heavy atom. The molecule has 0 unspecified atom stereocenters. The van der Waals surface area contributed by atoms with E-state index in [9.17, 15) is 16.8 Å². The molecule has 1 heterocycles. The number of methoxy groups -OCH3 is 1.